The van der Waals surface area contributed by atoms with Crippen LogP contribution in [0.3, 0.4) is 0 Å². The maximum atomic E-state index is 13.3. The molecule has 19 heavy (non-hydrogen) atoms. The first-order valence-electron chi connectivity index (χ1n) is 5.26. The summed E-state index contributed by atoms with van der Waals surface area (Å²) in [5, 5.41) is 19.5. The Hall–Kier alpha value is -2.76. The summed E-state index contributed by atoms with van der Waals surface area (Å²) < 4.78 is 13.3. The Morgan fingerprint density at radius 3 is 2.53 bits per heavy atom. The van der Waals surface area contributed by atoms with Crippen molar-refractivity contribution in [2.75, 3.05) is 0 Å². The molecule has 0 fully saturated rings. The number of carboxylic acids is 1. The number of carbonyl (C=O) groups is 1. The van der Waals surface area contributed by atoms with Crippen LogP contribution in [0.15, 0.2) is 42.5 Å². The molecule has 0 radical (unpaired) electrons. The molecule has 0 aliphatic rings. The molecule has 0 saturated carbocycles. The SMILES string of the molecule is O=C(O)c1cc(F)cc(-c2cccc([N+](=O)[O-])c2)c1. The lowest BCUT2D eigenvalue weighted by Gasteiger charge is -2.04. The lowest BCUT2D eigenvalue weighted by atomic mass is 10.0. The minimum Gasteiger partial charge on any atom is -0.478 e. The zero-order valence-electron chi connectivity index (χ0n) is 9.54. The van der Waals surface area contributed by atoms with Crippen LogP contribution >= 0.6 is 0 Å². The molecule has 0 saturated heterocycles. The quantitative estimate of drug-likeness (QED) is 0.680. The number of hydrogen-bond acceptors (Lipinski definition) is 3. The first-order valence-corrected chi connectivity index (χ1v) is 5.26. The molecule has 0 amide bonds. The van der Waals surface area contributed by atoms with Gasteiger partial charge in [0.2, 0.25) is 0 Å². The van der Waals surface area contributed by atoms with Gasteiger partial charge in [-0.2, -0.15) is 0 Å². The summed E-state index contributed by atoms with van der Waals surface area (Å²) in [6.45, 7) is 0. The highest BCUT2D eigenvalue weighted by Crippen LogP contribution is 2.25. The molecule has 6 heteroatoms. The Kier molecular flexibility index (Phi) is 3.24. The van der Waals surface area contributed by atoms with Crippen LogP contribution in [0.1, 0.15) is 10.4 Å². The summed E-state index contributed by atoms with van der Waals surface area (Å²) >= 11 is 0. The predicted molar refractivity (Wildman–Crippen MR) is 65.4 cm³/mol. The monoisotopic (exact) mass is 261 g/mol. The van der Waals surface area contributed by atoms with Crippen molar-refractivity contribution in [3.63, 3.8) is 0 Å². The van der Waals surface area contributed by atoms with E-state index in [1.807, 2.05) is 0 Å². The van der Waals surface area contributed by atoms with Gasteiger partial charge in [-0.1, -0.05) is 12.1 Å². The summed E-state index contributed by atoms with van der Waals surface area (Å²) in [4.78, 5) is 20.9. The number of aromatic carboxylic acids is 1. The van der Waals surface area contributed by atoms with Crippen molar-refractivity contribution in [1.29, 1.82) is 0 Å². The van der Waals surface area contributed by atoms with Gasteiger partial charge in [0.15, 0.2) is 0 Å². The van der Waals surface area contributed by atoms with Gasteiger partial charge in [0.05, 0.1) is 10.5 Å². The van der Waals surface area contributed by atoms with Crippen molar-refractivity contribution in [3.8, 4) is 11.1 Å². The molecule has 0 heterocycles. The maximum Gasteiger partial charge on any atom is 0.335 e. The van der Waals surface area contributed by atoms with Gasteiger partial charge in [-0.05, 0) is 29.3 Å². The van der Waals surface area contributed by atoms with Crippen molar-refractivity contribution in [2.24, 2.45) is 0 Å². The van der Waals surface area contributed by atoms with E-state index in [1.54, 1.807) is 6.07 Å². The van der Waals surface area contributed by atoms with Gasteiger partial charge in [-0.3, -0.25) is 10.1 Å². The largest absolute Gasteiger partial charge is 0.478 e. The van der Waals surface area contributed by atoms with Gasteiger partial charge in [0.25, 0.3) is 5.69 Å². The first kappa shape index (κ1) is 12.7. The maximum absolute atomic E-state index is 13.3. The fourth-order valence-corrected chi connectivity index (χ4v) is 1.68. The Balaban J connectivity index is 2.55. The third kappa shape index (κ3) is 2.74. The fourth-order valence-electron chi connectivity index (χ4n) is 1.68. The van der Waals surface area contributed by atoms with Crippen LogP contribution in [0.5, 0.6) is 0 Å². The molecule has 0 aromatic heterocycles. The highest BCUT2D eigenvalue weighted by atomic mass is 19.1. The fraction of sp³-hybridized carbons (Fsp3) is 0. The Morgan fingerprint density at radius 2 is 1.89 bits per heavy atom. The average Bonchev–Trinajstić information content (AvgIpc) is 2.38. The Labute approximate surface area is 107 Å². The van der Waals surface area contributed by atoms with Gasteiger partial charge in [0.1, 0.15) is 5.82 Å². The van der Waals surface area contributed by atoms with E-state index in [9.17, 15) is 19.3 Å². The minimum absolute atomic E-state index is 0.140. The third-order valence-corrected chi connectivity index (χ3v) is 2.54. The van der Waals surface area contributed by atoms with E-state index in [4.69, 9.17) is 5.11 Å². The molecule has 0 bridgehead atoms. The van der Waals surface area contributed by atoms with Gasteiger partial charge >= 0.3 is 5.97 Å². The molecule has 0 spiro atoms. The van der Waals surface area contributed by atoms with E-state index in [0.717, 1.165) is 12.1 Å². The summed E-state index contributed by atoms with van der Waals surface area (Å²) in [6.07, 6.45) is 0. The van der Waals surface area contributed by atoms with Crippen molar-refractivity contribution in [1.82, 2.24) is 0 Å². The number of nitro groups is 1. The second kappa shape index (κ2) is 4.85. The smallest absolute Gasteiger partial charge is 0.335 e. The lowest BCUT2D eigenvalue weighted by molar-refractivity contribution is -0.384. The van der Waals surface area contributed by atoms with E-state index in [0.29, 0.717) is 5.56 Å². The summed E-state index contributed by atoms with van der Waals surface area (Å²) in [7, 11) is 0. The molecular weight excluding hydrogens is 253 g/mol. The van der Waals surface area contributed by atoms with E-state index in [1.165, 1.54) is 24.3 Å². The predicted octanol–water partition coefficient (Wildman–Crippen LogP) is 3.10. The molecule has 0 unspecified atom stereocenters. The van der Waals surface area contributed by atoms with Crippen LogP contribution < -0.4 is 0 Å². The van der Waals surface area contributed by atoms with Crippen LogP contribution in [-0.2, 0) is 0 Å². The zero-order valence-corrected chi connectivity index (χ0v) is 9.54. The van der Waals surface area contributed by atoms with Gasteiger partial charge in [0, 0.05) is 12.1 Å². The number of carboxylic acid groups (broad SMARTS) is 1. The Morgan fingerprint density at radius 1 is 1.16 bits per heavy atom. The van der Waals surface area contributed by atoms with Crippen LogP contribution in [0, 0.1) is 15.9 Å². The van der Waals surface area contributed by atoms with Gasteiger partial charge in [-0.25, -0.2) is 9.18 Å². The third-order valence-electron chi connectivity index (χ3n) is 2.54. The number of rotatable bonds is 3. The molecule has 5 nitrogen and oxygen atoms in total. The summed E-state index contributed by atoms with van der Waals surface area (Å²) in [6, 6.07) is 8.87. The molecule has 96 valence electrons. The lowest BCUT2D eigenvalue weighted by Crippen LogP contribution is -1.97. The number of nitrogens with zero attached hydrogens (tertiary/aromatic N) is 1. The van der Waals surface area contributed by atoms with Crippen LogP contribution in [-0.4, -0.2) is 16.0 Å². The molecule has 0 atom stereocenters. The van der Waals surface area contributed by atoms with E-state index in [-0.39, 0.29) is 16.8 Å². The van der Waals surface area contributed by atoms with Crippen LogP contribution in [0.4, 0.5) is 10.1 Å². The molecule has 2 aromatic carbocycles. The topological polar surface area (TPSA) is 80.4 Å². The molecule has 2 aromatic rings. The number of nitro benzene ring substituents is 1. The molecule has 0 aliphatic heterocycles. The van der Waals surface area contributed by atoms with Gasteiger partial charge < -0.3 is 5.11 Å². The van der Waals surface area contributed by atoms with E-state index >= 15 is 0 Å². The van der Waals surface area contributed by atoms with Crippen LogP contribution in [0.2, 0.25) is 0 Å². The molecular formula is C13H8FNO4. The molecule has 2 rings (SSSR count). The summed E-state index contributed by atoms with van der Waals surface area (Å²) in [5.74, 6) is -1.97. The molecule has 1 N–H and O–H groups in total. The van der Waals surface area contributed by atoms with Crippen molar-refractivity contribution in [3.05, 3.63) is 64.0 Å². The number of benzene rings is 2. The zero-order chi connectivity index (χ0) is 14.0. The van der Waals surface area contributed by atoms with E-state index < -0.39 is 16.7 Å². The first-order chi connectivity index (χ1) is 8.97. The number of halogens is 1. The van der Waals surface area contributed by atoms with E-state index in [2.05, 4.69) is 0 Å². The van der Waals surface area contributed by atoms with Crippen LogP contribution in [0.25, 0.3) is 11.1 Å². The average molecular weight is 261 g/mol. The minimum atomic E-state index is -1.26. The number of hydrogen-bond donors (Lipinski definition) is 1. The van der Waals surface area contributed by atoms with Crippen molar-refractivity contribution in [2.45, 2.75) is 0 Å². The normalized spacial score (nSPS) is 10.2. The number of non-ortho nitro benzene ring substituents is 1. The standard InChI is InChI=1S/C13H8FNO4/c14-11-5-9(4-10(6-11)13(16)17)8-2-1-3-12(7-8)15(18)19/h1-7H,(H,16,17). The molecule has 0 aliphatic carbocycles. The highest BCUT2D eigenvalue weighted by Gasteiger charge is 2.11. The second-order valence-electron chi connectivity index (χ2n) is 3.84. The second-order valence-corrected chi connectivity index (χ2v) is 3.84. The van der Waals surface area contributed by atoms with Crippen molar-refractivity contribution < 1.29 is 19.2 Å². The summed E-state index contributed by atoms with van der Waals surface area (Å²) in [5.41, 5.74) is 0.317. The highest BCUT2D eigenvalue weighted by molar-refractivity contribution is 5.89. The Bertz CT molecular complexity index is 669. The van der Waals surface area contributed by atoms with Crippen molar-refractivity contribution >= 4 is 11.7 Å². The van der Waals surface area contributed by atoms with Gasteiger partial charge in [-0.15, -0.1) is 0 Å².